The first kappa shape index (κ1) is 14.6. The molecular formula is C12H24O3. The summed E-state index contributed by atoms with van der Waals surface area (Å²) in [4.78, 5) is 11.0. The molecular weight excluding hydrogens is 192 g/mol. The number of hydrogen-bond acceptors (Lipinski definition) is 3. The minimum Gasteiger partial charge on any atom is -0.382 e. The van der Waals surface area contributed by atoms with Crippen molar-refractivity contribution in [3.05, 3.63) is 0 Å². The van der Waals surface area contributed by atoms with Gasteiger partial charge in [0.15, 0.2) is 0 Å². The maximum atomic E-state index is 11.0. The van der Waals surface area contributed by atoms with E-state index >= 15 is 0 Å². The smallest absolute Gasteiger partial charge is 0.130 e. The lowest BCUT2D eigenvalue weighted by Crippen LogP contribution is -2.16. The van der Waals surface area contributed by atoms with Gasteiger partial charge < -0.3 is 14.3 Å². The molecule has 0 spiro atoms. The van der Waals surface area contributed by atoms with Crippen molar-refractivity contribution in [2.24, 2.45) is 5.41 Å². The number of rotatable bonds is 9. The molecule has 0 aliphatic rings. The molecule has 0 aliphatic heterocycles. The third kappa shape index (κ3) is 9.88. The Kier molecular flexibility index (Phi) is 7.61. The van der Waals surface area contributed by atoms with E-state index in [1.165, 1.54) is 0 Å². The van der Waals surface area contributed by atoms with Gasteiger partial charge in [-0.15, -0.1) is 0 Å². The van der Waals surface area contributed by atoms with Crippen LogP contribution in [-0.2, 0) is 14.3 Å². The number of methoxy groups -OCH3 is 1. The molecule has 3 heteroatoms. The monoisotopic (exact) mass is 216 g/mol. The number of hydrogen-bond donors (Lipinski definition) is 0. The largest absolute Gasteiger partial charge is 0.382 e. The Labute approximate surface area is 93.1 Å². The van der Waals surface area contributed by atoms with E-state index in [4.69, 9.17) is 9.47 Å². The fourth-order valence-electron chi connectivity index (χ4n) is 1.66. The summed E-state index contributed by atoms with van der Waals surface area (Å²) in [6.45, 7) is 7.97. The minimum absolute atomic E-state index is 0.108. The average Bonchev–Trinajstić information content (AvgIpc) is 2.08. The molecule has 0 rings (SSSR count). The van der Waals surface area contributed by atoms with Gasteiger partial charge in [-0.1, -0.05) is 13.8 Å². The van der Waals surface area contributed by atoms with Crippen LogP contribution in [0.25, 0.3) is 0 Å². The Balaban J connectivity index is 3.44. The molecule has 0 amide bonds. The Bertz CT molecular complexity index is 176. The molecule has 0 saturated carbocycles. The van der Waals surface area contributed by atoms with Crippen LogP contribution in [0.1, 0.15) is 40.0 Å². The van der Waals surface area contributed by atoms with Gasteiger partial charge in [0.25, 0.3) is 0 Å². The molecule has 0 heterocycles. The van der Waals surface area contributed by atoms with Gasteiger partial charge in [0.2, 0.25) is 0 Å². The van der Waals surface area contributed by atoms with Crippen LogP contribution in [0.5, 0.6) is 0 Å². The van der Waals surface area contributed by atoms with Crippen molar-refractivity contribution < 1.29 is 14.3 Å². The Morgan fingerprint density at radius 1 is 1.20 bits per heavy atom. The number of ether oxygens (including phenoxy) is 2. The van der Waals surface area contributed by atoms with Crippen molar-refractivity contribution in [1.82, 2.24) is 0 Å². The first-order valence-corrected chi connectivity index (χ1v) is 5.54. The van der Waals surface area contributed by atoms with Crippen molar-refractivity contribution in [3.8, 4) is 0 Å². The van der Waals surface area contributed by atoms with Crippen LogP contribution in [0, 0.1) is 5.41 Å². The molecule has 0 fully saturated rings. The normalized spacial score (nSPS) is 11.7. The summed E-state index contributed by atoms with van der Waals surface area (Å²) in [6, 6.07) is 0. The predicted octanol–water partition coefficient (Wildman–Crippen LogP) is 2.43. The SMILES string of the molecule is COCCOCCCC(C)(C)CC(C)=O. The molecule has 0 atom stereocenters. The minimum atomic E-state index is 0.108. The van der Waals surface area contributed by atoms with Gasteiger partial charge in [-0.3, -0.25) is 0 Å². The summed E-state index contributed by atoms with van der Waals surface area (Å²) in [5.41, 5.74) is 0.108. The summed E-state index contributed by atoms with van der Waals surface area (Å²) < 4.78 is 10.2. The Morgan fingerprint density at radius 2 is 1.87 bits per heavy atom. The molecule has 0 aromatic carbocycles. The van der Waals surface area contributed by atoms with Crippen molar-refractivity contribution in [3.63, 3.8) is 0 Å². The van der Waals surface area contributed by atoms with Gasteiger partial charge in [-0.05, 0) is 25.2 Å². The fraction of sp³-hybridized carbons (Fsp3) is 0.917. The number of carbonyl (C=O) groups excluding carboxylic acids is 1. The molecule has 0 N–H and O–H groups in total. The number of ketones is 1. The van der Waals surface area contributed by atoms with Gasteiger partial charge >= 0.3 is 0 Å². The van der Waals surface area contributed by atoms with Gasteiger partial charge in [0, 0.05) is 20.1 Å². The maximum absolute atomic E-state index is 11.0. The Hall–Kier alpha value is -0.410. The van der Waals surface area contributed by atoms with E-state index in [9.17, 15) is 4.79 Å². The highest BCUT2D eigenvalue weighted by atomic mass is 16.5. The van der Waals surface area contributed by atoms with Crippen molar-refractivity contribution in [2.75, 3.05) is 26.9 Å². The highest BCUT2D eigenvalue weighted by molar-refractivity contribution is 5.76. The van der Waals surface area contributed by atoms with E-state index < -0.39 is 0 Å². The molecule has 15 heavy (non-hydrogen) atoms. The van der Waals surface area contributed by atoms with Gasteiger partial charge in [0.1, 0.15) is 5.78 Å². The first-order chi connectivity index (χ1) is 6.98. The molecule has 0 radical (unpaired) electrons. The van der Waals surface area contributed by atoms with E-state index in [2.05, 4.69) is 13.8 Å². The molecule has 0 aromatic rings. The lowest BCUT2D eigenvalue weighted by molar-refractivity contribution is -0.119. The maximum Gasteiger partial charge on any atom is 0.130 e. The van der Waals surface area contributed by atoms with Crippen molar-refractivity contribution in [1.29, 1.82) is 0 Å². The summed E-state index contributed by atoms with van der Waals surface area (Å²) in [7, 11) is 1.67. The van der Waals surface area contributed by atoms with Crippen LogP contribution in [0.2, 0.25) is 0 Å². The number of Topliss-reactive ketones (excluding diaryl/α,β-unsaturated/α-hetero) is 1. The third-order valence-corrected chi connectivity index (χ3v) is 2.30. The standard InChI is InChI=1S/C12H24O3/c1-11(13)10-12(2,3)6-5-7-15-9-8-14-4/h5-10H2,1-4H3. The van der Waals surface area contributed by atoms with Crippen LogP contribution in [-0.4, -0.2) is 32.7 Å². The number of carbonyl (C=O) groups is 1. The zero-order valence-electron chi connectivity index (χ0n) is 10.5. The highest BCUT2D eigenvalue weighted by Gasteiger charge is 2.19. The second-order valence-electron chi connectivity index (χ2n) is 4.75. The fourth-order valence-corrected chi connectivity index (χ4v) is 1.66. The molecule has 3 nitrogen and oxygen atoms in total. The molecule has 90 valence electrons. The quantitative estimate of drug-likeness (QED) is 0.555. The van der Waals surface area contributed by atoms with Gasteiger partial charge in [0.05, 0.1) is 13.2 Å². The lowest BCUT2D eigenvalue weighted by Gasteiger charge is -2.22. The second-order valence-corrected chi connectivity index (χ2v) is 4.75. The molecule has 0 aromatic heterocycles. The van der Waals surface area contributed by atoms with Crippen LogP contribution in [0.4, 0.5) is 0 Å². The summed E-state index contributed by atoms with van der Waals surface area (Å²) in [6.07, 6.45) is 2.69. The average molecular weight is 216 g/mol. The second kappa shape index (κ2) is 7.83. The van der Waals surface area contributed by atoms with Crippen LogP contribution in [0.3, 0.4) is 0 Å². The topological polar surface area (TPSA) is 35.5 Å². The summed E-state index contributed by atoms with van der Waals surface area (Å²) in [5.74, 6) is 0.264. The lowest BCUT2D eigenvalue weighted by atomic mass is 9.83. The van der Waals surface area contributed by atoms with Gasteiger partial charge in [-0.25, -0.2) is 0 Å². The van der Waals surface area contributed by atoms with Crippen molar-refractivity contribution in [2.45, 2.75) is 40.0 Å². The predicted molar refractivity (Wildman–Crippen MR) is 61.0 cm³/mol. The van der Waals surface area contributed by atoms with Crippen LogP contribution in [0.15, 0.2) is 0 Å². The molecule has 0 aliphatic carbocycles. The highest BCUT2D eigenvalue weighted by Crippen LogP contribution is 2.26. The first-order valence-electron chi connectivity index (χ1n) is 5.54. The van der Waals surface area contributed by atoms with Crippen molar-refractivity contribution >= 4 is 5.78 Å². The third-order valence-electron chi connectivity index (χ3n) is 2.30. The molecule has 0 unspecified atom stereocenters. The van der Waals surface area contributed by atoms with Gasteiger partial charge in [-0.2, -0.15) is 0 Å². The van der Waals surface area contributed by atoms with Crippen LogP contribution >= 0.6 is 0 Å². The summed E-state index contributed by atoms with van der Waals surface area (Å²) >= 11 is 0. The van der Waals surface area contributed by atoms with E-state index in [1.54, 1.807) is 14.0 Å². The molecule has 0 bridgehead atoms. The van der Waals surface area contributed by atoms with E-state index in [1.807, 2.05) is 0 Å². The van der Waals surface area contributed by atoms with E-state index in [0.29, 0.717) is 19.6 Å². The summed E-state index contributed by atoms with van der Waals surface area (Å²) in [5, 5.41) is 0. The zero-order chi connectivity index (χ0) is 11.7. The Morgan fingerprint density at radius 3 is 2.40 bits per heavy atom. The van der Waals surface area contributed by atoms with Crippen LogP contribution < -0.4 is 0 Å². The van der Waals surface area contributed by atoms with E-state index in [0.717, 1.165) is 19.4 Å². The van der Waals surface area contributed by atoms with E-state index in [-0.39, 0.29) is 11.2 Å². The zero-order valence-corrected chi connectivity index (χ0v) is 10.5. The molecule has 0 saturated heterocycles.